The minimum Gasteiger partial charge on any atom is -0.496 e. The SMILES string of the molecule is COc1ccccc1C(=O)NCCc1cnc2c(OCc3cc(C)ccc3C)cccn12. The van der Waals surface area contributed by atoms with Gasteiger partial charge in [0.2, 0.25) is 0 Å². The smallest absolute Gasteiger partial charge is 0.255 e. The van der Waals surface area contributed by atoms with Crippen molar-refractivity contribution in [1.29, 1.82) is 0 Å². The molecule has 1 N–H and O–H groups in total. The third-order valence-electron chi connectivity index (χ3n) is 5.48. The number of amides is 1. The maximum atomic E-state index is 12.5. The minimum absolute atomic E-state index is 0.159. The number of hydrogen-bond donors (Lipinski definition) is 1. The minimum atomic E-state index is -0.159. The predicted octanol–water partition coefficient (Wildman–Crippen LogP) is 4.51. The molecule has 0 spiro atoms. The van der Waals surface area contributed by atoms with E-state index in [1.54, 1.807) is 19.2 Å². The molecule has 4 rings (SSSR count). The van der Waals surface area contributed by atoms with Crippen LogP contribution < -0.4 is 14.8 Å². The third kappa shape index (κ3) is 4.59. The van der Waals surface area contributed by atoms with E-state index < -0.39 is 0 Å². The van der Waals surface area contributed by atoms with Gasteiger partial charge < -0.3 is 19.2 Å². The third-order valence-corrected chi connectivity index (χ3v) is 5.48. The number of rotatable bonds is 8. The summed E-state index contributed by atoms with van der Waals surface area (Å²) in [5.41, 5.74) is 5.87. The lowest BCUT2D eigenvalue weighted by molar-refractivity contribution is 0.0951. The summed E-state index contributed by atoms with van der Waals surface area (Å²) >= 11 is 0. The van der Waals surface area contributed by atoms with Gasteiger partial charge in [-0.05, 0) is 49.2 Å². The van der Waals surface area contributed by atoms with Gasteiger partial charge in [0.15, 0.2) is 11.4 Å². The van der Waals surface area contributed by atoms with Crippen molar-refractivity contribution in [2.75, 3.05) is 13.7 Å². The van der Waals surface area contributed by atoms with Crippen LogP contribution in [-0.2, 0) is 13.0 Å². The lowest BCUT2D eigenvalue weighted by Gasteiger charge is -2.11. The Morgan fingerprint density at radius 3 is 2.72 bits per heavy atom. The zero-order chi connectivity index (χ0) is 22.5. The molecule has 164 valence electrons. The van der Waals surface area contributed by atoms with Gasteiger partial charge in [-0.1, -0.05) is 35.9 Å². The molecule has 1 amide bonds. The number of aryl methyl sites for hydroxylation is 2. The van der Waals surface area contributed by atoms with Crippen LogP contribution in [0.3, 0.4) is 0 Å². The van der Waals surface area contributed by atoms with Gasteiger partial charge in [-0.3, -0.25) is 4.79 Å². The molecule has 0 aliphatic heterocycles. The average molecular weight is 430 g/mol. The van der Waals surface area contributed by atoms with Gasteiger partial charge in [-0.2, -0.15) is 0 Å². The maximum absolute atomic E-state index is 12.5. The number of para-hydroxylation sites is 1. The van der Waals surface area contributed by atoms with Crippen molar-refractivity contribution in [3.8, 4) is 11.5 Å². The number of aromatic nitrogens is 2. The van der Waals surface area contributed by atoms with E-state index >= 15 is 0 Å². The van der Waals surface area contributed by atoms with Crippen molar-refractivity contribution in [2.45, 2.75) is 26.9 Å². The molecule has 0 aliphatic rings. The van der Waals surface area contributed by atoms with Crippen LogP contribution >= 0.6 is 0 Å². The molecular formula is C26H27N3O3. The van der Waals surface area contributed by atoms with Gasteiger partial charge in [0.1, 0.15) is 12.4 Å². The highest BCUT2D eigenvalue weighted by atomic mass is 16.5. The van der Waals surface area contributed by atoms with E-state index in [0.717, 1.165) is 22.7 Å². The Hall–Kier alpha value is -3.80. The highest BCUT2D eigenvalue weighted by Crippen LogP contribution is 2.22. The lowest BCUT2D eigenvalue weighted by atomic mass is 10.1. The first kappa shape index (κ1) is 21.4. The fraction of sp³-hybridized carbons (Fsp3) is 0.231. The van der Waals surface area contributed by atoms with Gasteiger partial charge in [0.05, 0.1) is 12.7 Å². The number of nitrogens with zero attached hydrogens (tertiary/aromatic N) is 2. The van der Waals surface area contributed by atoms with E-state index in [0.29, 0.717) is 30.9 Å². The molecular weight excluding hydrogens is 402 g/mol. The molecule has 0 aliphatic carbocycles. The van der Waals surface area contributed by atoms with Crippen molar-refractivity contribution >= 4 is 11.6 Å². The van der Waals surface area contributed by atoms with Crippen molar-refractivity contribution in [3.63, 3.8) is 0 Å². The molecule has 0 saturated carbocycles. The average Bonchev–Trinajstić information content (AvgIpc) is 3.23. The number of methoxy groups -OCH3 is 1. The van der Waals surface area contributed by atoms with Crippen molar-refractivity contribution in [1.82, 2.24) is 14.7 Å². The fourth-order valence-electron chi connectivity index (χ4n) is 3.68. The molecule has 2 aromatic carbocycles. The standard InChI is InChI=1S/C26H27N3O3/c1-18-10-11-19(2)20(15-18)17-32-24-9-6-14-29-21(16-28-25(24)29)12-13-27-26(30)22-7-4-5-8-23(22)31-3/h4-11,14-16H,12-13,17H2,1-3H3,(H,27,30). The van der Waals surface area contributed by atoms with E-state index in [-0.39, 0.29) is 5.91 Å². The fourth-order valence-corrected chi connectivity index (χ4v) is 3.68. The second-order valence-electron chi connectivity index (χ2n) is 7.74. The highest BCUT2D eigenvalue weighted by Gasteiger charge is 2.13. The van der Waals surface area contributed by atoms with E-state index in [1.165, 1.54) is 11.1 Å². The van der Waals surface area contributed by atoms with Crippen LogP contribution in [0.1, 0.15) is 32.7 Å². The van der Waals surface area contributed by atoms with Crippen molar-refractivity contribution in [2.24, 2.45) is 0 Å². The van der Waals surface area contributed by atoms with Crippen LogP contribution in [0.2, 0.25) is 0 Å². The Kier molecular flexibility index (Phi) is 6.40. The quantitative estimate of drug-likeness (QED) is 0.448. The summed E-state index contributed by atoms with van der Waals surface area (Å²) < 4.78 is 13.4. The summed E-state index contributed by atoms with van der Waals surface area (Å²) in [6.07, 6.45) is 4.43. The first-order valence-corrected chi connectivity index (χ1v) is 10.6. The number of benzene rings is 2. The Labute approximate surface area is 187 Å². The van der Waals surface area contributed by atoms with Crippen LogP contribution in [0.5, 0.6) is 11.5 Å². The van der Waals surface area contributed by atoms with Crippen LogP contribution in [0.15, 0.2) is 67.0 Å². The molecule has 32 heavy (non-hydrogen) atoms. The van der Waals surface area contributed by atoms with Crippen molar-refractivity contribution in [3.05, 3.63) is 94.9 Å². The van der Waals surface area contributed by atoms with Crippen LogP contribution in [0.4, 0.5) is 0 Å². The molecule has 0 atom stereocenters. The molecule has 6 heteroatoms. The summed E-state index contributed by atoms with van der Waals surface area (Å²) in [6, 6.07) is 17.4. The van der Waals surface area contributed by atoms with Gasteiger partial charge in [-0.15, -0.1) is 0 Å². The Morgan fingerprint density at radius 1 is 1.06 bits per heavy atom. The summed E-state index contributed by atoms with van der Waals surface area (Å²) in [4.78, 5) is 17.1. The molecule has 4 aromatic rings. The number of pyridine rings is 1. The number of imidazole rings is 1. The van der Waals surface area contributed by atoms with Crippen molar-refractivity contribution < 1.29 is 14.3 Å². The van der Waals surface area contributed by atoms with Gasteiger partial charge in [-0.25, -0.2) is 4.98 Å². The van der Waals surface area contributed by atoms with Gasteiger partial charge in [0, 0.05) is 31.1 Å². The van der Waals surface area contributed by atoms with E-state index in [4.69, 9.17) is 9.47 Å². The zero-order valence-corrected chi connectivity index (χ0v) is 18.6. The summed E-state index contributed by atoms with van der Waals surface area (Å²) in [6.45, 7) is 5.14. The zero-order valence-electron chi connectivity index (χ0n) is 18.6. The number of carbonyl (C=O) groups is 1. The van der Waals surface area contributed by atoms with Crippen LogP contribution in [-0.4, -0.2) is 28.9 Å². The second kappa shape index (κ2) is 9.56. The number of nitrogens with one attached hydrogen (secondary N) is 1. The summed E-state index contributed by atoms with van der Waals surface area (Å²) in [7, 11) is 1.56. The van der Waals surface area contributed by atoms with Gasteiger partial charge >= 0.3 is 0 Å². The van der Waals surface area contributed by atoms with Gasteiger partial charge in [0.25, 0.3) is 5.91 Å². The molecule has 2 aromatic heterocycles. The first-order valence-electron chi connectivity index (χ1n) is 10.6. The van der Waals surface area contributed by atoms with E-state index in [2.05, 4.69) is 42.3 Å². The highest BCUT2D eigenvalue weighted by molar-refractivity contribution is 5.96. The summed E-state index contributed by atoms with van der Waals surface area (Å²) in [5, 5.41) is 2.96. The molecule has 2 heterocycles. The number of ether oxygens (including phenoxy) is 2. The normalized spacial score (nSPS) is 10.8. The molecule has 0 fully saturated rings. The molecule has 0 radical (unpaired) electrons. The predicted molar refractivity (Wildman–Crippen MR) is 124 cm³/mol. The molecule has 0 bridgehead atoms. The first-order chi connectivity index (χ1) is 15.6. The number of hydrogen-bond acceptors (Lipinski definition) is 4. The molecule has 6 nitrogen and oxygen atoms in total. The van der Waals surface area contributed by atoms with E-state index in [9.17, 15) is 4.79 Å². The maximum Gasteiger partial charge on any atom is 0.255 e. The monoisotopic (exact) mass is 429 g/mol. The number of carbonyl (C=O) groups excluding carboxylic acids is 1. The molecule has 0 saturated heterocycles. The number of fused-ring (bicyclic) bond motifs is 1. The van der Waals surface area contributed by atoms with Crippen LogP contribution in [0.25, 0.3) is 5.65 Å². The summed E-state index contributed by atoms with van der Waals surface area (Å²) in [5.74, 6) is 1.14. The van der Waals surface area contributed by atoms with E-state index in [1.807, 2.05) is 41.1 Å². The second-order valence-corrected chi connectivity index (χ2v) is 7.74. The molecule has 0 unspecified atom stereocenters. The topological polar surface area (TPSA) is 64.9 Å². The largest absolute Gasteiger partial charge is 0.496 e. The lowest BCUT2D eigenvalue weighted by Crippen LogP contribution is -2.26. The Balaban J connectivity index is 1.42. The Bertz CT molecular complexity index is 1250. The van der Waals surface area contributed by atoms with Crippen LogP contribution in [0, 0.1) is 13.8 Å². The Morgan fingerprint density at radius 2 is 1.88 bits per heavy atom.